The molecule has 0 unspecified atom stereocenters. The van der Waals surface area contributed by atoms with Gasteiger partial charge in [-0.25, -0.2) is 19.5 Å². The number of benzene rings is 4. The van der Waals surface area contributed by atoms with Crippen molar-refractivity contribution in [3.05, 3.63) is 131 Å². The summed E-state index contributed by atoms with van der Waals surface area (Å²) in [4.78, 5) is 25.0. The fourth-order valence-corrected chi connectivity index (χ4v) is 5.79. The monoisotopic (exact) mass is 566 g/mol. The summed E-state index contributed by atoms with van der Waals surface area (Å²) in [5, 5.41) is 8.57. The summed E-state index contributed by atoms with van der Waals surface area (Å²) < 4.78 is 6.87. The quantitative estimate of drug-likeness (QED) is 0.230. The molecule has 0 fully saturated rings. The van der Waals surface area contributed by atoms with Crippen LogP contribution in [-0.2, 0) is 4.74 Å². The Morgan fingerprint density at radius 3 is 2.40 bits per heavy atom. The van der Waals surface area contributed by atoms with Crippen molar-refractivity contribution in [1.82, 2.24) is 9.78 Å². The molecule has 0 saturated heterocycles. The molecule has 8 heteroatoms. The molecule has 0 aliphatic carbocycles. The first-order valence-corrected chi connectivity index (χ1v) is 14.2. The minimum Gasteiger partial charge on any atom is -0.465 e. The number of nitrogens with one attached hydrogen (secondary N) is 1. The van der Waals surface area contributed by atoms with Crippen LogP contribution in [0.15, 0.2) is 107 Å². The number of aliphatic imine (C=N–C) groups is 2. The van der Waals surface area contributed by atoms with E-state index in [1.807, 2.05) is 90.5 Å². The zero-order chi connectivity index (χ0) is 29.7. The number of esters is 1. The molecule has 2 aliphatic rings. The Balaban J connectivity index is 1.51. The molecule has 0 saturated carbocycles. The number of nitrogens with zero attached hydrogens (tertiary/aromatic N) is 5. The van der Waals surface area contributed by atoms with Crippen LogP contribution in [-0.4, -0.2) is 34.5 Å². The second-order valence-corrected chi connectivity index (χ2v) is 10.7. The third kappa shape index (κ3) is 4.39. The van der Waals surface area contributed by atoms with E-state index in [4.69, 9.17) is 19.8 Å². The molecule has 2 aliphatic heterocycles. The molecule has 3 heterocycles. The lowest BCUT2D eigenvalue weighted by molar-refractivity contribution is 0.0600. The Labute approximate surface area is 250 Å². The number of hydrogen-bond acceptors (Lipinski definition) is 6. The summed E-state index contributed by atoms with van der Waals surface area (Å²) in [6, 6.07) is 31.6. The molecule has 1 aromatic heterocycles. The molecule has 4 aromatic carbocycles. The lowest BCUT2D eigenvalue weighted by atomic mass is 9.92. The summed E-state index contributed by atoms with van der Waals surface area (Å²) in [6.07, 6.45) is 0. The summed E-state index contributed by atoms with van der Waals surface area (Å²) in [5.41, 5.74) is 9.31. The Morgan fingerprint density at radius 1 is 0.884 bits per heavy atom. The number of aryl methyl sites for hydroxylation is 2. The summed E-state index contributed by atoms with van der Waals surface area (Å²) >= 11 is 0. The predicted molar refractivity (Wildman–Crippen MR) is 171 cm³/mol. The maximum absolute atomic E-state index is 12.3. The largest absolute Gasteiger partial charge is 0.465 e. The molecule has 212 valence electrons. The number of anilines is 2. The molecule has 0 radical (unpaired) electrons. The second kappa shape index (κ2) is 10.4. The van der Waals surface area contributed by atoms with Gasteiger partial charge in [0.05, 0.1) is 47.2 Å². The zero-order valence-electron chi connectivity index (χ0n) is 24.4. The minimum absolute atomic E-state index is 0.293. The summed E-state index contributed by atoms with van der Waals surface area (Å²) in [5.74, 6) is 1.70. The molecular weight excluding hydrogens is 536 g/mol. The molecule has 0 bridgehead atoms. The van der Waals surface area contributed by atoms with Crippen LogP contribution < -0.4 is 10.2 Å². The van der Waals surface area contributed by atoms with Gasteiger partial charge in [-0.3, -0.25) is 0 Å². The van der Waals surface area contributed by atoms with E-state index in [1.165, 1.54) is 12.7 Å². The van der Waals surface area contributed by atoms with Gasteiger partial charge in [0.25, 0.3) is 0 Å². The van der Waals surface area contributed by atoms with Gasteiger partial charge in [-0.15, -0.1) is 0 Å². The number of carbonyl (C=O) groups excluding carboxylic acids is 1. The third-order valence-electron chi connectivity index (χ3n) is 8.14. The van der Waals surface area contributed by atoms with Gasteiger partial charge in [0, 0.05) is 5.56 Å². The highest BCUT2D eigenvalue weighted by molar-refractivity contribution is 6.52. The van der Waals surface area contributed by atoms with Crippen LogP contribution in [0.5, 0.6) is 0 Å². The number of hydrogen-bond donors (Lipinski definition) is 1. The van der Waals surface area contributed by atoms with Gasteiger partial charge in [0.1, 0.15) is 0 Å². The molecule has 7 rings (SSSR count). The molecule has 0 spiro atoms. The first-order chi connectivity index (χ1) is 20.9. The first kappa shape index (κ1) is 26.4. The number of amidine groups is 2. The van der Waals surface area contributed by atoms with Gasteiger partial charge in [0.2, 0.25) is 0 Å². The van der Waals surface area contributed by atoms with E-state index in [1.54, 1.807) is 0 Å². The molecule has 0 amide bonds. The number of ether oxygens (including phenoxy) is 1. The van der Waals surface area contributed by atoms with Gasteiger partial charge in [-0.1, -0.05) is 54.6 Å². The van der Waals surface area contributed by atoms with Gasteiger partial charge in [0.15, 0.2) is 17.5 Å². The van der Waals surface area contributed by atoms with Crippen LogP contribution in [0.1, 0.15) is 44.3 Å². The Hall–Kier alpha value is -5.50. The van der Waals surface area contributed by atoms with Crippen LogP contribution in [0.2, 0.25) is 0 Å². The summed E-state index contributed by atoms with van der Waals surface area (Å²) in [7, 11) is 1.39. The Bertz CT molecular complexity index is 1940. The van der Waals surface area contributed by atoms with E-state index in [0.29, 0.717) is 17.2 Å². The maximum Gasteiger partial charge on any atom is 0.337 e. The van der Waals surface area contributed by atoms with Crippen molar-refractivity contribution in [3.8, 4) is 5.69 Å². The van der Waals surface area contributed by atoms with Crippen LogP contribution in [0.3, 0.4) is 0 Å². The third-order valence-corrected chi connectivity index (χ3v) is 8.14. The van der Waals surface area contributed by atoms with Crippen molar-refractivity contribution in [1.29, 1.82) is 0 Å². The highest BCUT2D eigenvalue weighted by atomic mass is 16.5. The SMILES string of the molecule is COC(=O)c1ccc([C@H]2c3c(C)nn(-c4ccccc4)c3N=C3C(=Nc4cccc(C)c4C)Nc4ccccc4N32)cc1. The number of aromatic nitrogens is 2. The maximum atomic E-state index is 12.3. The summed E-state index contributed by atoms with van der Waals surface area (Å²) in [6.45, 7) is 6.20. The average Bonchev–Trinajstić information content (AvgIpc) is 3.38. The number of rotatable bonds is 4. The Kier molecular flexibility index (Phi) is 6.39. The van der Waals surface area contributed by atoms with E-state index in [-0.39, 0.29) is 12.0 Å². The van der Waals surface area contributed by atoms with Crippen LogP contribution in [0.25, 0.3) is 5.69 Å². The highest BCUT2D eigenvalue weighted by Crippen LogP contribution is 2.47. The lowest BCUT2D eigenvalue weighted by Crippen LogP contribution is -2.48. The fourth-order valence-electron chi connectivity index (χ4n) is 5.79. The van der Waals surface area contributed by atoms with E-state index in [2.05, 4.69) is 42.3 Å². The normalized spacial score (nSPS) is 16.1. The van der Waals surface area contributed by atoms with Crippen molar-refractivity contribution in [2.24, 2.45) is 9.98 Å². The molecular formula is C35H30N6O2. The highest BCUT2D eigenvalue weighted by Gasteiger charge is 2.42. The topological polar surface area (TPSA) is 84.1 Å². The zero-order valence-corrected chi connectivity index (χ0v) is 24.4. The van der Waals surface area contributed by atoms with E-state index in [9.17, 15) is 4.79 Å². The van der Waals surface area contributed by atoms with E-state index >= 15 is 0 Å². The van der Waals surface area contributed by atoms with Crippen molar-refractivity contribution < 1.29 is 9.53 Å². The van der Waals surface area contributed by atoms with Gasteiger partial charge < -0.3 is 15.0 Å². The van der Waals surface area contributed by atoms with Crippen LogP contribution >= 0.6 is 0 Å². The van der Waals surface area contributed by atoms with Crippen molar-refractivity contribution in [2.45, 2.75) is 26.8 Å². The van der Waals surface area contributed by atoms with Gasteiger partial charge in [-0.2, -0.15) is 5.10 Å². The standard InChI is InChI=1S/C35H30N6O2/c1-21-11-10-15-27(22(21)2)36-32-34-38-33-30(23(3)39-41(33)26-12-6-5-7-13-26)31(24-17-19-25(20-18-24)35(42)43-4)40(34)29-16-9-8-14-28(29)37-32/h5-20,31H,1-4H3,(H,36,37)/t31-/m0/s1. The number of fused-ring (bicyclic) bond motifs is 4. The van der Waals surface area contributed by atoms with E-state index < -0.39 is 0 Å². The molecule has 1 atom stereocenters. The van der Waals surface area contributed by atoms with Crippen LogP contribution in [0.4, 0.5) is 22.9 Å². The fraction of sp³-hybridized carbons (Fsp3) is 0.143. The molecule has 5 aromatic rings. The second-order valence-electron chi connectivity index (χ2n) is 10.7. The Morgan fingerprint density at radius 2 is 1.63 bits per heavy atom. The van der Waals surface area contributed by atoms with Crippen molar-refractivity contribution >= 4 is 40.5 Å². The molecule has 8 nitrogen and oxygen atoms in total. The van der Waals surface area contributed by atoms with Crippen molar-refractivity contribution in [2.75, 3.05) is 17.3 Å². The van der Waals surface area contributed by atoms with Crippen molar-refractivity contribution in [3.63, 3.8) is 0 Å². The smallest absolute Gasteiger partial charge is 0.337 e. The van der Waals surface area contributed by atoms with Gasteiger partial charge >= 0.3 is 5.97 Å². The first-order valence-electron chi connectivity index (χ1n) is 14.2. The molecule has 43 heavy (non-hydrogen) atoms. The predicted octanol–water partition coefficient (Wildman–Crippen LogP) is 7.38. The van der Waals surface area contributed by atoms with Gasteiger partial charge in [-0.05, 0) is 79.9 Å². The number of para-hydroxylation sites is 3. The van der Waals surface area contributed by atoms with E-state index in [0.717, 1.165) is 51.0 Å². The molecule has 1 N–H and O–H groups in total. The average molecular weight is 567 g/mol. The van der Waals surface area contributed by atoms with Crippen LogP contribution in [0, 0.1) is 20.8 Å². The number of carbonyl (C=O) groups is 1. The lowest BCUT2D eigenvalue weighted by Gasteiger charge is -2.42. The minimum atomic E-state index is -0.373. The number of methoxy groups -OCH3 is 1.